The van der Waals surface area contributed by atoms with Crippen molar-refractivity contribution in [3.05, 3.63) is 23.8 Å². The van der Waals surface area contributed by atoms with Crippen LogP contribution >= 0.6 is 0 Å². The molecule has 0 unspecified atom stereocenters. The van der Waals surface area contributed by atoms with E-state index in [1.807, 2.05) is 0 Å². The molecule has 1 N–H and O–H groups in total. The summed E-state index contributed by atoms with van der Waals surface area (Å²) in [5.41, 5.74) is 0.257. The van der Waals surface area contributed by atoms with Gasteiger partial charge in [-0.25, -0.2) is 0 Å². The largest absolute Gasteiger partial charge is 0.573 e. The van der Waals surface area contributed by atoms with E-state index in [9.17, 15) is 18.3 Å². The average Bonchev–Trinajstić information content (AvgIpc) is 2.07. The summed E-state index contributed by atoms with van der Waals surface area (Å²) in [6, 6.07) is 4.84. The van der Waals surface area contributed by atoms with Gasteiger partial charge in [-0.05, 0) is 6.07 Å². The van der Waals surface area contributed by atoms with Crippen LogP contribution in [0.1, 0.15) is 5.56 Å². The molecule has 1 aromatic rings. The Labute approximate surface area is 83.3 Å². The summed E-state index contributed by atoms with van der Waals surface area (Å²) in [4.78, 5) is 0. The third-order valence-corrected chi connectivity index (χ3v) is 1.56. The van der Waals surface area contributed by atoms with Crippen LogP contribution in [0, 0.1) is 11.3 Å². The summed E-state index contributed by atoms with van der Waals surface area (Å²) < 4.78 is 38.9. The number of halogens is 3. The Kier molecular flexibility index (Phi) is 3.04. The van der Waals surface area contributed by atoms with Gasteiger partial charge < -0.3 is 9.84 Å². The maximum absolute atomic E-state index is 11.8. The first-order valence-electron chi connectivity index (χ1n) is 3.87. The molecule has 0 aliphatic carbocycles. The first-order valence-corrected chi connectivity index (χ1v) is 3.87. The van der Waals surface area contributed by atoms with Crippen molar-refractivity contribution in [2.24, 2.45) is 0 Å². The van der Waals surface area contributed by atoms with Crippen molar-refractivity contribution >= 4 is 0 Å². The number of hydrogen-bond donors (Lipinski definition) is 1. The number of ether oxygens (including phenoxy) is 1. The van der Waals surface area contributed by atoms with Gasteiger partial charge in [-0.1, -0.05) is 6.07 Å². The van der Waals surface area contributed by atoms with Crippen molar-refractivity contribution < 1.29 is 23.0 Å². The van der Waals surface area contributed by atoms with Crippen LogP contribution in [0.2, 0.25) is 0 Å². The van der Waals surface area contributed by atoms with Crippen molar-refractivity contribution in [3.8, 4) is 17.6 Å². The molecule has 80 valence electrons. The van der Waals surface area contributed by atoms with E-state index in [0.29, 0.717) is 0 Å². The minimum absolute atomic E-state index is 0.0713. The quantitative estimate of drug-likeness (QED) is 0.827. The zero-order chi connectivity index (χ0) is 11.5. The Bertz CT molecular complexity index is 395. The van der Waals surface area contributed by atoms with Gasteiger partial charge in [0.2, 0.25) is 0 Å². The number of phenolic OH excluding ortho intramolecular Hbond substituents is 1. The maximum atomic E-state index is 11.8. The molecule has 0 saturated carbocycles. The van der Waals surface area contributed by atoms with Gasteiger partial charge in [0, 0.05) is 11.6 Å². The number of nitriles is 1. The highest BCUT2D eigenvalue weighted by molar-refractivity contribution is 5.40. The van der Waals surface area contributed by atoms with Gasteiger partial charge in [0.05, 0.1) is 12.5 Å². The molecule has 0 aliphatic heterocycles. The Hall–Kier alpha value is -1.90. The van der Waals surface area contributed by atoms with Gasteiger partial charge in [0.1, 0.15) is 11.5 Å². The van der Waals surface area contributed by atoms with Gasteiger partial charge in [-0.3, -0.25) is 0 Å². The van der Waals surface area contributed by atoms with E-state index in [1.54, 1.807) is 6.07 Å². The molecule has 0 spiro atoms. The summed E-state index contributed by atoms with van der Waals surface area (Å²) in [6.45, 7) is 0. The van der Waals surface area contributed by atoms with E-state index in [-0.39, 0.29) is 12.0 Å². The predicted octanol–water partition coefficient (Wildman–Crippen LogP) is 2.36. The lowest BCUT2D eigenvalue weighted by atomic mass is 10.1. The van der Waals surface area contributed by atoms with E-state index in [0.717, 1.165) is 12.1 Å². The van der Waals surface area contributed by atoms with Crippen molar-refractivity contribution in [1.29, 1.82) is 5.26 Å². The lowest BCUT2D eigenvalue weighted by Crippen LogP contribution is -2.17. The molecule has 0 aromatic heterocycles. The highest BCUT2D eigenvalue weighted by Gasteiger charge is 2.31. The molecule has 0 heterocycles. The smallest absolute Gasteiger partial charge is 0.507 e. The molecule has 0 atom stereocenters. The number of rotatable bonds is 2. The lowest BCUT2D eigenvalue weighted by Gasteiger charge is -2.09. The van der Waals surface area contributed by atoms with Crippen molar-refractivity contribution in [1.82, 2.24) is 0 Å². The van der Waals surface area contributed by atoms with Gasteiger partial charge in [-0.2, -0.15) is 5.26 Å². The van der Waals surface area contributed by atoms with Crippen LogP contribution in [0.15, 0.2) is 18.2 Å². The number of aromatic hydroxyl groups is 1. The second-order valence-electron chi connectivity index (χ2n) is 2.67. The van der Waals surface area contributed by atoms with Gasteiger partial charge in [0.25, 0.3) is 0 Å². The van der Waals surface area contributed by atoms with E-state index in [2.05, 4.69) is 4.74 Å². The summed E-state index contributed by atoms with van der Waals surface area (Å²) >= 11 is 0. The number of benzene rings is 1. The van der Waals surface area contributed by atoms with Crippen LogP contribution in [-0.4, -0.2) is 11.5 Å². The second kappa shape index (κ2) is 4.09. The van der Waals surface area contributed by atoms with Crippen LogP contribution in [0.4, 0.5) is 13.2 Å². The molecule has 6 heteroatoms. The zero-order valence-corrected chi connectivity index (χ0v) is 7.38. The zero-order valence-electron chi connectivity index (χ0n) is 7.38. The fourth-order valence-corrected chi connectivity index (χ4v) is 0.975. The Morgan fingerprint density at radius 1 is 1.40 bits per heavy atom. The Morgan fingerprint density at radius 2 is 2.07 bits per heavy atom. The predicted molar refractivity (Wildman–Crippen MR) is 44.1 cm³/mol. The van der Waals surface area contributed by atoms with E-state index in [1.165, 1.54) is 6.07 Å². The fourth-order valence-electron chi connectivity index (χ4n) is 0.975. The highest BCUT2D eigenvalue weighted by atomic mass is 19.4. The first-order chi connectivity index (χ1) is 6.92. The van der Waals surface area contributed by atoms with Crippen LogP contribution in [0.5, 0.6) is 11.5 Å². The summed E-state index contributed by atoms with van der Waals surface area (Å²) in [7, 11) is 0. The van der Waals surface area contributed by atoms with Crippen LogP contribution < -0.4 is 4.74 Å². The molecular weight excluding hydrogens is 211 g/mol. The first kappa shape index (κ1) is 11.2. The SMILES string of the molecule is N#CCc1ccc(OC(F)(F)F)cc1O. The fraction of sp³-hybridized carbons (Fsp3) is 0.222. The van der Waals surface area contributed by atoms with Crippen molar-refractivity contribution in [3.63, 3.8) is 0 Å². The van der Waals surface area contributed by atoms with E-state index >= 15 is 0 Å². The summed E-state index contributed by atoms with van der Waals surface area (Å²) in [6.07, 6.45) is -4.86. The van der Waals surface area contributed by atoms with Gasteiger partial charge >= 0.3 is 6.36 Å². The number of hydrogen-bond acceptors (Lipinski definition) is 3. The van der Waals surface area contributed by atoms with Crippen LogP contribution in [0.3, 0.4) is 0 Å². The second-order valence-corrected chi connectivity index (χ2v) is 2.67. The standard InChI is InChI=1S/C9H6F3NO2/c10-9(11,12)15-7-2-1-6(3-4-13)8(14)5-7/h1-2,5,14H,3H2. The molecule has 0 radical (unpaired) electrons. The number of phenols is 1. The third-order valence-electron chi connectivity index (χ3n) is 1.56. The monoisotopic (exact) mass is 217 g/mol. The molecule has 0 amide bonds. The molecule has 0 bridgehead atoms. The normalized spacial score (nSPS) is 10.8. The maximum Gasteiger partial charge on any atom is 0.573 e. The summed E-state index contributed by atoms with van der Waals surface area (Å²) in [5.74, 6) is -0.903. The minimum Gasteiger partial charge on any atom is -0.507 e. The Morgan fingerprint density at radius 3 is 2.53 bits per heavy atom. The van der Waals surface area contributed by atoms with Crippen molar-refractivity contribution in [2.45, 2.75) is 12.8 Å². The Balaban J connectivity index is 2.88. The molecule has 1 aromatic carbocycles. The van der Waals surface area contributed by atoms with Gasteiger partial charge in [0.15, 0.2) is 0 Å². The van der Waals surface area contributed by atoms with Crippen molar-refractivity contribution in [2.75, 3.05) is 0 Å². The molecule has 0 saturated heterocycles. The van der Waals surface area contributed by atoms with Gasteiger partial charge in [-0.15, -0.1) is 13.2 Å². The molecular formula is C9H6F3NO2. The highest BCUT2D eigenvalue weighted by Crippen LogP contribution is 2.28. The van der Waals surface area contributed by atoms with E-state index in [4.69, 9.17) is 5.26 Å². The molecule has 3 nitrogen and oxygen atoms in total. The molecule has 15 heavy (non-hydrogen) atoms. The third kappa shape index (κ3) is 3.38. The topological polar surface area (TPSA) is 53.2 Å². The van der Waals surface area contributed by atoms with Crippen LogP contribution in [-0.2, 0) is 6.42 Å². The molecule has 0 aliphatic rings. The average molecular weight is 217 g/mol. The number of alkyl halides is 3. The lowest BCUT2D eigenvalue weighted by molar-refractivity contribution is -0.274. The van der Waals surface area contributed by atoms with Crippen LogP contribution in [0.25, 0.3) is 0 Å². The molecule has 1 rings (SSSR count). The number of nitrogens with zero attached hydrogens (tertiary/aromatic N) is 1. The van der Waals surface area contributed by atoms with E-state index < -0.39 is 17.9 Å². The minimum atomic E-state index is -4.79. The molecule has 0 fully saturated rings. The summed E-state index contributed by atoms with van der Waals surface area (Å²) in [5, 5.41) is 17.5.